The highest BCUT2D eigenvalue weighted by Crippen LogP contribution is 2.63. The Hall–Kier alpha value is -0.830. The summed E-state index contributed by atoms with van der Waals surface area (Å²) in [7, 11) is 0. The van der Waals surface area contributed by atoms with Gasteiger partial charge in [-0.3, -0.25) is 4.98 Å². The lowest BCUT2D eigenvalue weighted by Gasteiger charge is -2.58. The van der Waals surface area contributed by atoms with Crippen molar-refractivity contribution in [2.24, 2.45) is 23.2 Å². The maximum absolute atomic E-state index is 11.8. The van der Waals surface area contributed by atoms with Gasteiger partial charge in [0.2, 0.25) is 0 Å². The van der Waals surface area contributed by atoms with Crippen molar-refractivity contribution in [2.45, 2.75) is 48.7 Å². The van der Waals surface area contributed by atoms with E-state index in [0.717, 1.165) is 17.8 Å². The summed E-state index contributed by atoms with van der Waals surface area (Å²) < 4.78 is 0. The van der Waals surface area contributed by atoms with Gasteiger partial charge in [-0.15, -0.1) is 11.8 Å². The average Bonchev–Trinajstić information content (AvgIpc) is 2.44. The van der Waals surface area contributed by atoms with Crippen molar-refractivity contribution in [1.29, 1.82) is 0 Å². The second kappa shape index (κ2) is 4.87. The zero-order chi connectivity index (χ0) is 13.6. The lowest BCUT2D eigenvalue weighted by Crippen LogP contribution is -2.51. The number of pyridine rings is 1. The molecule has 1 atom stereocenters. The number of thioether (sulfide) groups is 1. The first-order chi connectivity index (χ1) is 9.77. The van der Waals surface area contributed by atoms with Crippen LogP contribution in [0.15, 0.2) is 29.4 Å². The molecule has 4 saturated carbocycles. The molecule has 2 nitrogen and oxygen atoms in total. The second-order valence-corrected chi connectivity index (χ2v) is 8.35. The molecule has 5 rings (SSSR count). The Labute approximate surface area is 124 Å². The molecule has 106 valence electrons. The van der Waals surface area contributed by atoms with Gasteiger partial charge in [0.25, 0.3) is 0 Å². The first-order valence-electron chi connectivity index (χ1n) is 7.79. The summed E-state index contributed by atoms with van der Waals surface area (Å²) in [6.45, 7) is 0. The molecule has 1 unspecified atom stereocenters. The zero-order valence-corrected chi connectivity index (χ0v) is 12.5. The Balaban J connectivity index is 1.59. The van der Waals surface area contributed by atoms with Crippen molar-refractivity contribution in [2.75, 3.05) is 0 Å². The van der Waals surface area contributed by atoms with Crippen LogP contribution in [0.3, 0.4) is 0 Å². The molecule has 1 aromatic rings. The summed E-state index contributed by atoms with van der Waals surface area (Å²) in [5.74, 6) is 2.71. The molecule has 0 spiro atoms. The molecule has 4 aliphatic rings. The maximum atomic E-state index is 11.8. The van der Waals surface area contributed by atoms with E-state index < -0.39 is 0 Å². The van der Waals surface area contributed by atoms with Gasteiger partial charge in [0.15, 0.2) is 0 Å². The van der Waals surface area contributed by atoms with Crippen molar-refractivity contribution in [3.05, 3.63) is 24.5 Å². The van der Waals surface area contributed by atoms with Gasteiger partial charge >= 0.3 is 0 Å². The zero-order valence-electron chi connectivity index (χ0n) is 11.7. The summed E-state index contributed by atoms with van der Waals surface area (Å²) in [4.78, 5) is 17.0. The van der Waals surface area contributed by atoms with Crippen LogP contribution in [0.5, 0.6) is 0 Å². The van der Waals surface area contributed by atoms with Crippen molar-refractivity contribution < 1.29 is 4.79 Å². The molecule has 3 heteroatoms. The van der Waals surface area contributed by atoms with Gasteiger partial charge in [-0.1, -0.05) is 0 Å². The molecule has 4 bridgehead atoms. The van der Waals surface area contributed by atoms with Gasteiger partial charge in [-0.25, -0.2) is 0 Å². The molecule has 0 aromatic carbocycles. The predicted octanol–water partition coefficient (Wildman–Crippen LogP) is 3.96. The van der Waals surface area contributed by atoms with Gasteiger partial charge in [-0.2, -0.15) is 0 Å². The highest BCUT2D eigenvalue weighted by molar-refractivity contribution is 8.00. The normalized spacial score (nSPS) is 39.7. The molecule has 0 radical (unpaired) electrons. The number of nitrogens with zero attached hydrogens (tertiary/aromatic N) is 1. The minimum atomic E-state index is 0.137. The van der Waals surface area contributed by atoms with E-state index in [-0.39, 0.29) is 5.25 Å². The lowest BCUT2D eigenvalue weighted by atomic mass is 9.49. The molecular formula is C17H21NOS. The third kappa shape index (κ3) is 2.11. The fourth-order valence-electron chi connectivity index (χ4n) is 5.39. The number of rotatable bonds is 4. The Bertz CT molecular complexity index is 466. The molecule has 4 aliphatic carbocycles. The Morgan fingerprint density at radius 2 is 1.65 bits per heavy atom. The molecule has 0 N–H and O–H groups in total. The minimum absolute atomic E-state index is 0.137. The first-order valence-corrected chi connectivity index (χ1v) is 8.67. The number of carbonyl (C=O) groups is 1. The molecule has 20 heavy (non-hydrogen) atoms. The van der Waals surface area contributed by atoms with Crippen molar-refractivity contribution in [1.82, 2.24) is 4.98 Å². The van der Waals surface area contributed by atoms with Crippen LogP contribution in [0.2, 0.25) is 0 Å². The molecule has 4 fully saturated rings. The van der Waals surface area contributed by atoms with E-state index in [9.17, 15) is 4.79 Å². The van der Waals surface area contributed by atoms with E-state index in [1.54, 1.807) is 11.8 Å². The summed E-state index contributed by atoms with van der Waals surface area (Å²) in [5.41, 5.74) is 0.296. The van der Waals surface area contributed by atoms with Crippen LogP contribution in [0, 0.1) is 23.2 Å². The molecule has 1 heterocycles. The number of hydrogen-bond acceptors (Lipinski definition) is 3. The van der Waals surface area contributed by atoms with Gasteiger partial charge in [-0.05, 0) is 73.8 Å². The van der Waals surface area contributed by atoms with Crippen LogP contribution in [-0.2, 0) is 4.79 Å². The van der Waals surface area contributed by atoms with Crippen LogP contribution in [0.1, 0.15) is 38.5 Å². The van der Waals surface area contributed by atoms with E-state index in [0.29, 0.717) is 5.41 Å². The van der Waals surface area contributed by atoms with Crippen molar-refractivity contribution >= 4 is 18.0 Å². The number of carbonyl (C=O) groups excluding carboxylic acids is 1. The topological polar surface area (TPSA) is 30.0 Å². The highest BCUT2D eigenvalue weighted by atomic mass is 32.2. The first kappa shape index (κ1) is 12.9. The number of aromatic nitrogens is 1. The minimum Gasteiger partial charge on any atom is -0.302 e. The third-order valence-corrected chi connectivity index (χ3v) is 7.13. The van der Waals surface area contributed by atoms with Gasteiger partial charge < -0.3 is 4.79 Å². The fourth-order valence-corrected chi connectivity index (χ4v) is 6.55. The van der Waals surface area contributed by atoms with E-state index >= 15 is 0 Å². The Morgan fingerprint density at radius 1 is 1.10 bits per heavy atom. The molecule has 1 aromatic heterocycles. The van der Waals surface area contributed by atoms with E-state index in [1.165, 1.54) is 49.7 Å². The van der Waals surface area contributed by atoms with Gasteiger partial charge in [0.1, 0.15) is 6.29 Å². The fraction of sp³-hybridized carbons (Fsp3) is 0.647. The predicted molar refractivity (Wildman–Crippen MR) is 80.6 cm³/mol. The molecule has 0 aliphatic heterocycles. The number of hydrogen-bond donors (Lipinski definition) is 0. The third-order valence-electron chi connectivity index (χ3n) is 5.73. The standard InChI is InChI=1S/C17H21NOS/c19-11-16(20-15-1-3-18-4-2-15)17-8-12-5-13(9-17)7-14(6-12)10-17/h1-4,11-14,16H,5-10H2. The second-order valence-electron chi connectivity index (χ2n) is 7.14. The lowest BCUT2D eigenvalue weighted by molar-refractivity contribution is -0.114. The van der Waals surface area contributed by atoms with Crippen LogP contribution >= 0.6 is 11.8 Å². The maximum Gasteiger partial charge on any atom is 0.133 e. The smallest absolute Gasteiger partial charge is 0.133 e. The molecule has 0 saturated heterocycles. The summed E-state index contributed by atoms with van der Waals surface area (Å²) in [5, 5.41) is 0.137. The molecular weight excluding hydrogens is 266 g/mol. The summed E-state index contributed by atoms with van der Waals surface area (Å²) >= 11 is 1.77. The Morgan fingerprint density at radius 3 is 2.15 bits per heavy atom. The van der Waals surface area contributed by atoms with Crippen molar-refractivity contribution in [3.8, 4) is 0 Å². The Kier molecular flexibility index (Phi) is 3.13. The SMILES string of the molecule is O=CC(Sc1ccncc1)C12CC3CC(CC(C3)C1)C2. The van der Waals surface area contributed by atoms with E-state index in [2.05, 4.69) is 4.98 Å². The van der Waals surface area contributed by atoms with Gasteiger partial charge in [0, 0.05) is 17.3 Å². The van der Waals surface area contributed by atoms with Crippen molar-refractivity contribution in [3.63, 3.8) is 0 Å². The highest BCUT2D eigenvalue weighted by Gasteiger charge is 2.54. The van der Waals surface area contributed by atoms with Crippen LogP contribution in [0.25, 0.3) is 0 Å². The average molecular weight is 287 g/mol. The largest absolute Gasteiger partial charge is 0.302 e. The summed E-state index contributed by atoms with van der Waals surface area (Å²) in [6, 6.07) is 4.06. The van der Waals surface area contributed by atoms with E-state index in [4.69, 9.17) is 0 Å². The number of aldehydes is 1. The van der Waals surface area contributed by atoms with Crippen LogP contribution in [0.4, 0.5) is 0 Å². The summed E-state index contributed by atoms with van der Waals surface area (Å²) in [6.07, 6.45) is 13.1. The van der Waals surface area contributed by atoms with Gasteiger partial charge in [0.05, 0.1) is 5.25 Å². The van der Waals surface area contributed by atoms with E-state index in [1.807, 2.05) is 24.5 Å². The quantitative estimate of drug-likeness (QED) is 0.620. The van der Waals surface area contributed by atoms with Crippen LogP contribution in [-0.4, -0.2) is 16.5 Å². The van der Waals surface area contributed by atoms with Crippen LogP contribution < -0.4 is 0 Å². The molecule has 0 amide bonds. The monoisotopic (exact) mass is 287 g/mol.